The van der Waals surface area contributed by atoms with Gasteiger partial charge >= 0.3 is 0 Å². The molecule has 1 aliphatic heterocycles. The van der Waals surface area contributed by atoms with E-state index in [1.54, 1.807) is 0 Å². The highest BCUT2D eigenvalue weighted by atomic mass is 16.6. The summed E-state index contributed by atoms with van der Waals surface area (Å²) in [5, 5.41) is 0. The van der Waals surface area contributed by atoms with Crippen LogP contribution in [0, 0.1) is 5.92 Å². The smallest absolute Gasteiger partial charge is 0.144 e. The Bertz CT molecular complexity index is 512. The number of fused-ring (bicyclic) bond motifs is 1. The fraction of sp³-hybridized carbons (Fsp3) is 0.650. The predicted octanol–water partition coefficient (Wildman–Crippen LogP) is 5.15. The largest absolute Gasteiger partial charge is 0.366 e. The molecule has 1 fully saturated rings. The van der Waals surface area contributed by atoms with E-state index in [1.807, 2.05) is 6.92 Å². The van der Waals surface area contributed by atoms with Crippen molar-refractivity contribution >= 4 is 5.78 Å². The zero-order valence-corrected chi connectivity index (χ0v) is 14.6. The van der Waals surface area contributed by atoms with E-state index >= 15 is 0 Å². The number of Topliss-reactive ketones (excluding diaryl/α,β-unsaturated/α-hetero) is 1. The van der Waals surface area contributed by atoms with Crippen molar-refractivity contribution in [1.29, 1.82) is 0 Å². The van der Waals surface area contributed by atoms with Gasteiger partial charge in [-0.1, -0.05) is 35.5 Å². The summed E-state index contributed by atoms with van der Waals surface area (Å²) in [6.07, 6.45) is 10.3. The van der Waals surface area contributed by atoms with Gasteiger partial charge in [-0.15, -0.1) is 0 Å². The Kier molecular flexibility index (Phi) is 5.44. The van der Waals surface area contributed by atoms with Crippen LogP contribution >= 0.6 is 0 Å². The Morgan fingerprint density at radius 2 is 1.95 bits per heavy atom. The Morgan fingerprint density at radius 3 is 2.64 bits per heavy atom. The highest BCUT2D eigenvalue weighted by Crippen LogP contribution is 2.45. The minimum Gasteiger partial charge on any atom is -0.366 e. The first-order valence-electron chi connectivity index (χ1n) is 8.49. The number of carbonyl (C=O) groups excluding carboxylic acids is 1. The maximum Gasteiger partial charge on any atom is 0.144 e. The SMILES string of the molecule is C=C(C)C1CC2O[C@@]2(C)CC/C=C(\C)CC/C=C(\C)CC1=O. The van der Waals surface area contributed by atoms with E-state index in [-0.39, 0.29) is 17.6 Å². The number of epoxide rings is 1. The number of rotatable bonds is 1. The van der Waals surface area contributed by atoms with Crippen LogP contribution in [0.15, 0.2) is 35.5 Å². The standard InChI is InChI=1S/C20H30O2/c1-14(2)17-13-19-20(5,22-19)11-7-10-15(3)8-6-9-16(4)12-18(17)21/h9-10,17,19H,1,6-8,11-13H2,2-5H3/b15-10+,16-9+/t17?,19?,20-/m0/s1. The first kappa shape index (κ1) is 17.2. The molecule has 122 valence electrons. The zero-order valence-electron chi connectivity index (χ0n) is 14.6. The van der Waals surface area contributed by atoms with E-state index in [1.165, 1.54) is 11.1 Å². The first-order valence-corrected chi connectivity index (χ1v) is 8.49. The Morgan fingerprint density at radius 1 is 1.27 bits per heavy atom. The van der Waals surface area contributed by atoms with Crippen molar-refractivity contribution in [2.75, 3.05) is 0 Å². The molecule has 0 aromatic heterocycles. The molecular formula is C20H30O2. The van der Waals surface area contributed by atoms with Gasteiger partial charge in [0, 0.05) is 12.3 Å². The van der Waals surface area contributed by atoms with Crippen LogP contribution in [0.2, 0.25) is 0 Å². The predicted molar refractivity (Wildman–Crippen MR) is 91.8 cm³/mol. The minimum absolute atomic E-state index is 0.0419. The fourth-order valence-electron chi connectivity index (χ4n) is 3.35. The van der Waals surface area contributed by atoms with Crippen molar-refractivity contribution in [2.45, 2.75) is 77.9 Å². The zero-order chi connectivity index (χ0) is 16.3. The molecule has 0 N–H and O–H groups in total. The van der Waals surface area contributed by atoms with Crippen molar-refractivity contribution < 1.29 is 9.53 Å². The lowest BCUT2D eigenvalue weighted by molar-refractivity contribution is -0.121. The third-order valence-electron chi connectivity index (χ3n) is 5.09. The summed E-state index contributed by atoms with van der Waals surface area (Å²) >= 11 is 0. The molecule has 0 aromatic rings. The average molecular weight is 302 g/mol. The van der Waals surface area contributed by atoms with Gasteiger partial charge in [-0.2, -0.15) is 0 Å². The van der Waals surface area contributed by atoms with Gasteiger partial charge in [-0.25, -0.2) is 0 Å². The summed E-state index contributed by atoms with van der Waals surface area (Å²) in [6, 6.07) is 0. The lowest BCUT2D eigenvalue weighted by atomic mass is 9.85. The Balaban J connectivity index is 2.14. The van der Waals surface area contributed by atoms with Gasteiger partial charge in [-0.3, -0.25) is 4.79 Å². The highest BCUT2D eigenvalue weighted by molar-refractivity contribution is 5.85. The second-order valence-corrected chi connectivity index (χ2v) is 7.38. The maximum atomic E-state index is 12.6. The molecule has 1 aliphatic carbocycles. The fourth-order valence-corrected chi connectivity index (χ4v) is 3.35. The molecular weight excluding hydrogens is 272 g/mol. The quantitative estimate of drug-likeness (QED) is 0.495. The first-order chi connectivity index (χ1) is 10.3. The molecule has 2 aliphatic rings. The van der Waals surface area contributed by atoms with E-state index in [9.17, 15) is 4.79 Å². The van der Waals surface area contributed by atoms with Crippen LogP contribution in [0.5, 0.6) is 0 Å². The number of allylic oxidation sites excluding steroid dienone is 5. The van der Waals surface area contributed by atoms with Crippen LogP contribution in [-0.2, 0) is 9.53 Å². The third kappa shape index (κ3) is 4.42. The van der Waals surface area contributed by atoms with Gasteiger partial charge in [0.05, 0.1) is 11.7 Å². The van der Waals surface area contributed by atoms with Crippen LogP contribution in [0.4, 0.5) is 0 Å². The third-order valence-corrected chi connectivity index (χ3v) is 5.09. The van der Waals surface area contributed by atoms with Gasteiger partial charge in [0.2, 0.25) is 0 Å². The van der Waals surface area contributed by atoms with Crippen LogP contribution < -0.4 is 0 Å². The van der Waals surface area contributed by atoms with Crippen molar-refractivity contribution in [2.24, 2.45) is 5.92 Å². The number of hydrogen-bond acceptors (Lipinski definition) is 2. The molecule has 0 saturated carbocycles. The van der Waals surface area contributed by atoms with Crippen molar-refractivity contribution in [3.05, 3.63) is 35.5 Å². The molecule has 0 radical (unpaired) electrons. The van der Waals surface area contributed by atoms with E-state index in [4.69, 9.17) is 4.74 Å². The Labute approximate surface area is 135 Å². The summed E-state index contributed by atoms with van der Waals surface area (Å²) in [5.41, 5.74) is 3.55. The lowest BCUT2D eigenvalue weighted by Gasteiger charge is -2.16. The molecule has 0 aromatic carbocycles. The molecule has 2 nitrogen and oxygen atoms in total. The summed E-state index contributed by atoms with van der Waals surface area (Å²) in [4.78, 5) is 12.6. The number of carbonyl (C=O) groups is 1. The molecule has 2 rings (SSSR count). The van der Waals surface area contributed by atoms with E-state index < -0.39 is 0 Å². The second kappa shape index (κ2) is 6.95. The van der Waals surface area contributed by atoms with Crippen molar-refractivity contribution in [1.82, 2.24) is 0 Å². The van der Waals surface area contributed by atoms with Crippen molar-refractivity contribution in [3.8, 4) is 0 Å². The molecule has 3 atom stereocenters. The maximum absolute atomic E-state index is 12.6. The molecule has 1 heterocycles. The van der Waals surface area contributed by atoms with Gasteiger partial charge in [-0.05, 0) is 59.8 Å². The molecule has 0 spiro atoms. The topological polar surface area (TPSA) is 29.6 Å². The van der Waals surface area contributed by atoms with Gasteiger partial charge < -0.3 is 4.74 Å². The molecule has 2 unspecified atom stereocenters. The van der Waals surface area contributed by atoms with E-state index in [0.29, 0.717) is 12.2 Å². The number of hydrogen-bond donors (Lipinski definition) is 0. The second-order valence-electron chi connectivity index (χ2n) is 7.38. The van der Waals surface area contributed by atoms with Crippen LogP contribution in [0.25, 0.3) is 0 Å². The summed E-state index contributed by atoms with van der Waals surface area (Å²) < 4.78 is 5.93. The molecule has 1 saturated heterocycles. The number of ketones is 1. The molecule has 2 heteroatoms. The van der Waals surface area contributed by atoms with Crippen LogP contribution in [0.3, 0.4) is 0 Å². The molecule has 0 amide bonds. The van der Waals surface area contributed by atoms with E-state index in [0.717, 1.165) is 37.7 Å². The highest BCUT2D eigenvalue weighted by Gasteiger charge is 2.52. The monoisotopic (exact) mass is 302 g/mol. The average Bonchev–Trinajstić information content (AvgIpc) is 3.05. The van der Waals surface area contributed by atoms with Gasteiger partial charge in [0.25, 0.3) is 0 Å². The normalized spacial score (nSPS) is 38.8. The van der Waals surface area contributed by atoms with Crippen LogP contribution in [-0.4, -0.2) is 17.5 Å². The van der Waals surface area contributed by atoms with Gasteiger partial charge in [0.15, 0.2) is 0 Å². The minimum atomic E-state index is -0.0598. The summed E-state index contributed by atoms with van der Waals surface area (Å²) in [6.45, 7) is 12.4. The summed E-state index contributed by atoms with van der Waals surface area (Å²) in [7, 11) is 0. The Hall–Kier alpha value is -1.15. The van der Waals surface area contributed by atoms with Gasteiger partial charge in [0.1, 0.15) is 5.78 Å². The molecule has 22 heavy (non-hydrogen) atoms. The lowest BCUT2D eigenvalue weighted by Crippen LogP contribution is -2.21. The molecule has 0 bridgehead atoms. The number of ether oxygens (including phenoxy) is 1. The van der Waals surface area contributed by atoms with Crippen LogP contribution in [0.1, 0.15) is 66.2 Å². The van der Waals surface area contributed by atoms with E-state index in [2.05, 4.69) is 39.5 Å². The van der Waals surface area contributed by atoms with Crippen molar-refractivity contribution in [3.63, 3.8) is 0 Å². The summed E-state index contributed by atoms with van der Waals surface area (Å²) in [5.74, 6) is 0.235.